The maximum absolute atomic E-state index is 15.1. The molecule has 7 nitrogen and oxygen atoms in total. The number of carbonyl (C=O) groups excluding carboxylic acids is 1. The van der Waals surface area contributed by atoms with E-state index < -0.39 is 35.2 Å². The fourth-order valence-electron chi connectivity index (χ4n) is 4.09. The van der Waals surface area contributed by atoms with Crippen molar-refractivity contribution in [3.05, 3.63) is 59.2 Å². The molecule has 0 spiro atoms. The number of carbonyl (C=O) groups is 1. The average molecular weight is 488 g/mol. The second-order valence-corrected chi connectivity index (χ2v) is 9.16. The van der Waals surface area contributed by atoms with E-state index in [1.54, 1.807) is 0 Å². The van der Waals surface area contributed by atoms with Crippen LogP contribution in [0.15, 0.2) is 46.5 Å². The topological polar surface area (TPSA) is 99.7 Å². The molecule has 34 heavy (non-hydrogen) atoms. The molecular weight excluding hydrogens is 467 g/mol. The minimum Gasteiger partial charge on any atom is -0.369 e. The molecule has 1 saturated heterocycles. The van der Waals surface area contributed by atoms with Crippen LogP contribution < -0.4 is 5.32 Å². The molecule has 0 radical (unpaired) electrons. The van der Waals surface area contributed by atoms with Crippen molar-refractivity contribution in [1.82, 2.24) is 4.98 Å². The Morgan fingerprint density at radius 3 is 2.85 bits per heavy atom. The average Bonchev–Trinajstić information content (AvgIpc) is 2.83. The lowest BCUT2D eigenvalue weighted by Gasteiger charge is -2.47. The molecule has 3 heterocycles. The SMILES string of the molecule is C=NC1=NC2(c3cc(NC(=O)c4ccc(C#N)cn4)ccc3F)COC(C(C)(F)F)CC2CS1. The third-order valence-electron chi connectivity index (χ3n) is 5.90. The van der Waals surface area contributed by atoms with Crippen molar-refractivity contribution in [2.45, 2.75) is 30.9 Å². The van der Waals surface area contributed by atoms with Crippen LogP contribution in [0.3, 0.4) is 0 Å². The van der Waals surface area contributed by atoms with Gasteiger partial charge in [0.2, 0.25) is 0 Å². The largest absolute Gasteiger partial charge is 0.369 e. The molecule has 1 aromatic carbocycles. The van der Waals surface area contributed by atoms with Crippen LogP contribution in [0.25, 0.3) is 0 Å². The molecule has 1 aromatic heterocycles. The summed E-state index contributed by atoms with van der Waals surface area (Å²) in [4.78, 5) is 25.0. The molecule has 0 saturated carbocycles. The number of fused-ring (bicyclic) bond motifs is 1. The number of aliphatic imine (C=N–C) groups is 2. The maximum Gasteiger partial charge on any atom is 0.274 e. The number of hydrogen-bond acceptors (Lipinski definition) is 7. The minimum absolute atomic E-state index is 0.0182. The van der Waals surface area contributed by atoms with Crippen LogP contribution in [0.4, 0.5) is 18.9 Å². The highest BCUT2D eigenvalue weighted by Gasteiger charge is 2.53. The van der Waals surface area contributed by atoms with Crippen LogP contribution in [0.2, 0.25) is 0 Å². The first kappa shape index (κ1) is 23.9. The van der Waals surface area contributed by atoms with E-state index in [1.165, 1.54) is 48.3 Å². The van der Waals surface area contributed by atoms with Crippen molar-refractivity contribution >= 4 is 35.2 Å². The number of ether oxygens (including phenoxy) is 1. The predicted molar refractivity (Wildman–Crippen MR) is 123 cm³/mol. The van der Waals surface area contributed by atoms with Gasteiger partial charge in [0.05, 0.1) is 12.2 Å². The quantitative estimate of drug-likeness (QED) is 0.645. The molecule has 2 aromatic rings. The fraction of sp³-hybridized carbons (Fsp3) is 0.348. The van der Waals surface area contributed by atoms with Gasteiger partial charge in [0, 0.05) is 36.0 Å². The smallest absolute Gasteiger partial charge is 0.274 e. The lowest BCUT2D eigenvalue weighted by molar-refractivity contribution is -0.170. The summed E-state index contributed by atoms with van der Waals surface area (Å²) in [5.41, 5.74) is -0.535. The highest BCUT2D eigenvalue weighted by atomic mass is 32.2. The van der Waals surface area contributed by atoms with Crippen LogP contribution in [-0.4, -0.2) is 47.2 Å². The van der Waals surface area contributed by atoms with E-state index in [0.29, 0.717) is 16.5 Å². The number of thioether (sulfide) groups is 1. The van der Waals surface area contributed by atoms with Crippen molar-refractivity contribution in [3.8, 4) is 6.07 Å². The molecule has 3 unspecified atom stereocenters. The minimum atomic E-state index is -3.06. The van der Waals surface area contributed by atoms with Gasteiger partial charge in [0.1, 0.15) is 29.2 Å². The number of benzene rings is 1. The van der Waals surface area contributed by atoms with E-state index in [4.69, 9.17) is 10.00 Å². The number of nitrogens with zero attached hydrogens (tertiary/aromatic N) is 4. The molecular formula is C23H20F3N5O2S. The van der Waals surface area contributed by atoms with Gasteiger partial charge in [-0.2, -0.15) is 5.26 Å². The van der Waals surface area contributed by atoms with E-state index >= 15 is 4.39 Å². The number of aromatic nitrogens is 1. The predicted octanol–water partition coefficient (Wildman–Crippen LogP) is 4.40. The molecule has 3 atom stereocenters. The zero-order chi connectivity index (χ0) is 24.5. The fourth-order valence-corrected chi connectivity index (χ4v) is 5.17. The lowest BCUT2D eigenvalue weighted by Crippen LogP contribution is -2.53. The Morgan fingerprint density at radius 1 is 1.41 bits per heavy atom. The first-order valence-corrected chi connectivity index (χ1v) is 11.3. The van der Waals surface area contributed by atoms with Gasteiger partial charge < -0.3 is 10.1 Å². The maximum atomic E-state index is 15.1. The van der Waals surface area contributed by atoms with E-state index in [0.717, 1.165) is 6.92 Å². The number of anilines is 1. The number of nitriles is 1. The van der Waals surface area contributed by atoms with Crippen molar-refractivity contribution < 1.29 is 22.7 Å². The van der Waals surface area contributed by atoms with E-state index in [2.05, 4.69) is 27.0 Å². The number of rotatable bonds is 4. The van der Waals surface area contributed by atoms with Gasteiger partial charge in [0.25, 0.3) is 11.8 Å². The summed E-state index contributed by atoms with van der Waals surface area (Å²) >= 11 is 1.27. The van der Waals surface area contributed by atoms with Gasteiger partial charge in [-0.05, 0) is 43.5 Å². The second kappa shape index (κ2) is 9.19. The molecule has 0 bridgehead atoms. The normalized spacial score (nSPS) is 24.4. The van der Waals surface area contributed by atoms with E-state index in [9.17, 15) is 13.6 Å². The zero-order valence-corrected chi connectivity index (χ0v) is 18.9. The molecule has 2 aliphatic heterocycles. The third-order valence-corrected chi connectivity index (χ3v) is 6.95. The van der Waals surface area contributed by atoms with E-state index in [1.807, 2.05) is 6.07 Å². The molecule has 1 fully saturated rings. The van der Waals surface area contributed by atoms with Gasteiger partial charge >= 0.3 is 0 Å². The first-order valence-electron chi connectivity index (χ1n) is 10.3. The van der Waals surface area contributed by atoms with E-state index in [-0.39, 0.29) is 30.0 Å². The van der Waals surface area contributed by atoms with Crippen LogP contribution >= 0.6 is 11.8 Å². The van der Waals surface area contributed by atoms with Gasteiger partial charge in [-0.15, -0.1) is 0 Å². The summed E-state index contributed by atoms with van der Waals surface area (Å²) in [5, 5.41) is 11.8. The van der Waals surface area contributed by atoms with Crippen LogP contribution in [0, 0.1) is 23.1 Å². The summed E-state index contributed by atoms with van der Waals surface area (Å²) in [7, 11) is 0. The summed E-state index contributed by atoms with van der Waals surface area (Å²) in [6, 6.07) is 8.77. The third kappa shape index (κ3) is 4.56. The number of alkyl halides is 2. The van der Waals surface area contributed by atoms with Crippen molar-refractivity contribution in [2.24, 2.45) is 15.9 Å². The Bertz CT molecular complexity index is 1190. The number of nitrogens with one attached hydrogen (secondary N) is 1. The Labute approximate surface area is 198 Å². The van der Waals surface area contributed by atoms with Crippen molar-refractivity contribution in [2.75, 3.05) is 17.7 Å². The number of pyridine rings is 1. The van der Waals surface area contributed by atoms with Gasteiger partial charge in [0.15, 0.2) is 5.17 Å². The lowest BCUT2D eigenvalue weighted by atomic mass is 9.74. The Morgan fingerprint density at radius 2 is 2.21 bits per heavy atom. The number of halogens is 3. The number of amides is 1. The highest BCUT2D eigenvalue weighted by Crippen LogP contribution is 2.49. The summed E-state index contributed by atoms with van der Waals surface area (Å²) in [6.07, 6.45) is -0.0603. The summed E-state index contributed by atoms with van der Waals surface area (Å²) < 4.78 is 48.6. The molecule has 11 heteroatoms. The Balaban J connectivity index is 1.69. The standard InChI is InChI=1S/C23H20F3N5O2S/c1-22(25,26)19-7-14-11-34-21(28-2)31-23(14,12-33-19)16-8-15(4-5-17(16)24)30-20(32)18-6-3-13(9-27)10-29-18/h3-6,8,10,14,19H,2,7,11-12H2,1H3,(H,30,32). The summed E-state index contributed by atoms with van der Waals surface area (Å²) in [6.45, 7) is 4.02. The van der Waals surface area contributed by atoms with Crippen LogP contribution in [0.5, 0.6) is 0 Å². The van der Waals surface area contributed by atoms with Gasteiger partial charge in [-0.25, -0.2) is 28.1 Å². The van der Waals surface area contributed by atoms with Crippen LogP contribution in [0.1, 0.15) is 35.0 Å². The second-order valence-electron chi connectivity index (χ2n) is 8.17. The molecule has 4 rings (SSSR count). The molecule has 1 amide bonds. The van der Waals surface area contributed by atoms with Crippen molar-refractivity contribution in [3.63, 3.8) is 0 Å². The Kier molecular flexibility index (Phi) is 6.47. The summed E-state index contributed by atoms with van der Waals surface area (Å²) in [5.74, 6) is -4.28. The molecule has 2 aliphatic rings. The number of amidine groups is 1. The van der Waals surface area contributed by atoms with Crippen LogP contribution in [-0.2, 0) is 10.3 Å². The molecule has 0 aliphatic carbocycles. The monoisotopic (exact) mass is 487 g/mol. The number of hydrogen-bond donors (Lipinski definition) is 1. The van der Waals surface area contributed by atoms with Gasteiger partial charge in [-0.1, -0.05) is 11.8 Å². The Hall–Kier alpha value is -3.23. The highest BCUT2D eigenvalue weighted by molar-refractivity contribution is 8.13. The van der Waals surface area contributed by atoms with Crippen molar-refractivity contribution in [1.29, 1.82) is 5.26 Å². The zero-order valence-electron chi connectivity index (χ0n) is 18.1. The van der Waals surface area contributed by atoms with Gasteiger partial charge in [-0.3, -0.25) is 4.79 Å². The first-order chi connectivity index (χ1) is 16.2. The molecule has 1 N–H and O–H groups in total. The molecule has 176 valence electrons.